The van der Waals surface area contributed by atoms with E-state index in [9.17, 15) is 19.2 Å². The minimum Gasteiger partial charge on any atom is -0.381 e. The first-order valence-electron chi connectivity index (χ1n) is 14.4. The molecule has 0 N–H and O–H groups in total. The van der Waals surface area contributed by atoms with Crippen molar-refractivity contribution in [1.82, 2.24) is 4.57 Å². The predicted molar refractivity (Wildman–Crippen MR) is 156 cm³/mol. The van der Waals surface area contributed by atoms with Gasteiger partial charge in [-0.3, -0.25) is 14.4 Å². The lowest BCUT2D eigenvalue weighted by molar-refractivity contribution is -0.123. The SMILES string of the molecule is CC(=O)CCC1CC(=O)c2cn(C3CCOCC3)cc2CC(=O)c2csc(c2)-c2cccc(c2)CCCCC1=O. The van der Waals surface area contributed by atoms with Crippen LogP contribution in [0.4, 0.5) is 0 Å². The van der Waals surface area contributed by atoms with Crippen LogP contribution in [-0.2, 0) is 27.2 Å². The second kappa shape index (κ2) is 13.0. The van der Waals surface area contributed by atoms with Gasteiger partial charge in [-0.2, -0.15) is 0 Å². The summed E-state index contributed by atoms with van der Waals surface area (Å²) < 4.78 is 7.60. The number of ketones is 4. The maximum atomic E-state index is 13.8. The monoisotopic (exact) mass is 559 g/mol. The molecule has 0 amide bonds. The van der Waals surface area contributed by atoms with Gasteiger partial charge in [0, 0.05) is 84.6 Å². The maximum absolute atomic E-state index is 13.8. The average Bonchev–Trinajstić information content (AvgIpc) is 3.61. The number of carbonyl (C=O) groups excluding carboxylic acids is 4. The molecule has 1 saturated heterocycles. The molecule has 5 rings (SSSR count). The fraction of sp³-hybridized carbons (Fsp3) is 0.455. The number of nitrogens with zero attached hydrogens (tertiary/aromatic N) is 1. The van der Waals surface area contributed by atoms with Gasteiger partial charge in [0.05, 0.1) is 0 Å². The highest BCUT2D eigenvalue weighted by Gasteiger charge is 2.27. The predicted octanol–water partition coefficient (Wildman–Crippen LogP) is 6.85. The molecule has 0 saturated carbocycles. The van der Waals surface area contributed by atoms with Crippen molar-refractivity contribution in [3.05, 3.63) is 70.4 Å². The first kappa shape index (κ1) is 28.4. The van der Waals surface area contributed by atoms with E-state index in [2.05, 4.69) is 22.8 Å². The highest BCUT2D eigenvalue weighted by molar-refractivity contribution is 7.13. The molecule has 1 fully saturated rings. The summed E-state index contributed by atoms with van der Waals surface area (Å²) in [6, 6.07) is 10.6. The van der Waals surface area contributed by atoms with Gasteiger partial charge in [0.2, 0.25) is 0 Å². The van der Waals surface area contributed by atoms with E-state index in [4.69, 9.17) is 4.74 Å². The third kappa shape index (κ3) is 6.94. The number of benzene rings is 1. The number of fused-ring (bicyclic) bond motifs is 6. The van der Waals surface area contributed by atoms with E-state index in [1.165, 1.54) is 12.5 Å². The smallest absolute Gasteiger partial charge is 0.168 e. The van der Waals surface area contributed by atoms with Gasteiger partial charge in [0.15, 0.2) is 11.6 Å². The summed E-state index contributed by atoms with van der Waals surface area (Å²) >= 11 is 1.56. The second-order valence-electron chi connectivity index (χ2n) is 11.2. The Kier molecular flexibility index (Phi) is 9.22. The van der Waals surface area contributed by atoms with Gasteiger partial charge in [-0.05, 0) is 68.2 Å². The molecule has 1 aromatic carbocycles. The highest BCUT2D eigenvalue weighted by Crippen LogP contribution is 2.31. The number of hydrogen-bond donors (Lipinski definition) is 0. The molecular formula is C33H37NO5S. The Morgan fingerprint density at radius 1 is 1.00 bits per heavy atom. The number of Topliss-reactive ketones (excluding diaryl/α,β-unsaturated/α-hetero) is 4. The second-order valence-corrected chi connectivity index (χ2v) is 12.1. The van der Waals surface area contributed by atoms with Crippen molar-refractivity contribution in [2.45, 2.75) is 77.2 Å². The van der Waals surface area contributed by atoms with E-state index in [0.717, 1.165) is 42.5 Å². The molecule has 2 aliphatic rings. The average molecular weight is 560 g/mol. The molecule has 1 aliphatic carbocycles. The Bertz CT molecular complexity index is 1390. The quantitative estimate of drug-likeness (QED) is 0.349. The molecule has 2 aromatic heterocycles. The van der Waals surface area contributed by atoms with Crippen LogP contribution in [-0.4, -0.2) is 40.9 Å². The van der Waals surface area contributed by atoms with Gasteiger partial charge < -0.3 is 14.1 Å². The summed E-state index contributed by atoms with van der Waals surface area (Å²) in [6.07, 6.45) is 9.25. The standard InChI is InChI=1S/C33H37NO5S/c1-22(35)9-10-24-16-32(38)29-20-34(28-11-13-39-14-12-28)19-26(29)17-31(37)27-18-33(40-21-27)25-7-4-6-23(15-25)5-2-3-8-30(24)36/h4,6-7,15,18-21,24,28H,2-3,5,8-14,16-17H2,1H3. The van der Waals surface area contributed by atoms with Crippen LogP contribution < -0.4 is 0 Å². The Balaban J connectivity index is 1.49. The molecule has 3 aromatic rings. The normalized spacial score (nSPS) is 19.6. The summed E-state index contributed by atoms with van der Waals surface area (Å²) in [5.41, 5.74) is 4.16. The van der Waals surface area contributed by atoms with Crippen LogP contribution >= 0.6 is 11.3 Å². The van der Waals surface area contributed by atoms with Gasteiger partial charge in [-0.25, -0.2) is 0 Å². The minimum atomic E-state index is -0.493. The molecule has 0 spiro atoms. The topological polar surface area (TPSA) is 82.4 Å². The molecule has 4 bridgehead atoms. The third-order valence-electron chi connectivity index (χ3n) is 8.20. The summed E-state index contributed by atoms with van der Waals surface area (Å²) in [7, 11) is 0. The van der Waals surface area contributed by atoms with Crippen molar-refractivity contribution in [1.29, 1.82) is 0 Å². The molecule has 1 unspecified atom stereocenters. The molecular weight excluding hydrogens is 522 g/mol. The largest absolute Gasteiger partial charge is 0.381 e. The number of aryl methyl sites for hydroxylation is 1. The molecule has 210 valence electrons. The zero-order chi connectivity index (χ0) is 28.1. The summed E-state index contributed by atoms with van der Waals surface area (Å²) in [5.74, 6) is -0.573. The fourth-order valence-corrected chi connectivity index (χ4v) is 6.73. The van der Waals surface area contributed by atoms with Crippen molar-refractivity contribution in [2.75, 3.05) is 13.2 Å². The lowest BCUT2D eigenvalue weighted by Gasteiger charge is -2.23. The van der Waals surface area contributed by atoms with E-state index in [1.54, 1.807) is 11.3 Å². The first-order chi connectivity index (χ1) is 19.4. The van der Waals surface area contributed by atoms with E-state index < -0.39 is 5.92 Å². The van der Waals surface area contributed by atoms with Crippen LogP contribution in [0, 0.1) is 5.92 Å². The zero-order valence-corrected chi connectivity index (χ0v) is 24.0. The van der Waals surface area contributed by atoms with Crippen molar-refractivity contribution in [2.24, 2.45) is 5.92 Å². The number of hydrogen-bond acceptors (Lipinski definition) is 6. The number of carbonyl (C=O) groups is 4. The zero-order valence-electron chi connectivity index (χ0n) is 23.2. The Morgan fingerprint density at radius 2 is 1.80 bits per heavy atom. The number of thiophene rings is 1. The lowest BCUT2D eigenvalue weighted by atomic mass is 9.87. The van der Waals surface area contributed by atoms with Crippen LogP contribution in [0.1, 0.15) is 96.2 Å². The van der Waals surface area contributed by atoms with Gasteiger partial charge in [-0.1, -0.05) is 24.3 Å². The van der Waals surface area contributed by atoms with Crippen molar-refractivity contribution < 1.29 is 23.9 Å². The van der Waals surface area contributed by atoms with Crippen LogP contribution in [0.15, 0.2) is 48.1 Å². The minimum absolute atomic E-state index is 0.0201. The molecule has 40 heavy (non-hydrogen) atoms. The van der Waals surface area contributed by atoms with Crippen molar-refractivity contribution >= 4 is 34.5 Å². The first-order valence-corrected chi connectivity index (χ1v) is 15.3. The molecule has 1 aliphatic heterocycles. The Hall–Kier alpha value is -3.16. The Morgan fingerprint density at radius 3 is 2.60 bits per heavy atom. The summed E-state index contributed by atoms with van der Waals surface area (Å²) in [5, 5.41) is 1.91. The highest BCUT2D eigenvalue weighted by atomic mass is 32.1. The van der Waals surface area contributed by atoms with Crippen LogP contribution in [0.5, 0.6) is 0 Å². The van der Waals surface area contributed by atoms with Crippen LogP contribution in [0.3, 0.4) is 0 Å². The summed E-state index contributed by atoms with van der Waals surface area (Å²) in [4.78, 5) is 53.3. The van der Waals surface area contributed by atoms with E-state index in [1.807, 2.05) is 29.9 Å². The van der Waals surface area contributed by atoms with Crippen LogP contribution in [0.25, 0.3) is 10.4 Å². The van der Waals surface area contributed by atoms with Crippen LogP contribution in [0.2, 0.25) is 0 Å². The number of rotatable bonds is 4. The third-order valence-corrected chi connectivity index (χ3v) is 9.18. The van der Waals surface area contributed by atoms with E-state index >= 15 is 0 Å². The Labute approximate surface area is 239 Å². The van der Waals surface area contributed by atoms with Gasteiger partial charge in [-0.15, -0.1) is 11.3 Å². The van der Waals surface area contributed by atoms with E-state index in [-0.39, 0.29) is 48.4 Å². The summed E-state index contributed by atoms with van der Waals surface area (Å²) in [6.45, 7) is 2.86. The lowest BCUT2D eigenvalue weighted by Crippen LogP contribution is -2.20. The maximum Gasteiger partial charge on any atom is 0.168 e. The number of aromatic nitrogens is 1. The number of ether oxygens (including phenoxy) is 1. The van der Waals surface area contributed by atoms with E-state index in [0.29, 0.717) is 42.7 Å². The van der Waals surface area contributed by atoms with Crippen molar-refractivity contribution in [3.63, 3.8) is 0 Å². The van der Waals surface area contributed by atoms with Gasteiger partial charge >= 0.3 is 0 Å². The molecule has 1 atom stereocenters. The molecule has 0 radical (unpaired) electrons. The van der Waals surface area contributed by atoms with Crippen molar-refractivity contribution in [3.8, 4) is 10.4 Å². The fourth-order valence-electron chi connectivity index (χ4n) is 5.81. The molecule has 7 heteroatoms. The molecule has 3 heterocycles. The molecule has 6 nitrogen and oxygen atoms in total. The van der Waals surface area contributed by atoms with Gasteiger partial charge in [0.1, 0.15) is 11.6 Å². The van der Waals surface area contributed by atoms with Gasteiger partial charge in [0.25, 0.3) is 0 Å².